The number of rotatable bonds is 5. The highest BCUT2D eigenvalue weighted by molar-refractivity contribution is 7.98. The average Bonchev–Trinajstić information content (AvgIpc) is 2.63. The Hall–Kier alpha value is -1.23. The van der Waals surface area contributed by atoms with E-state index < -0.39 is 0 Å². The summed E-state index contributed by atoms with van der Waals surface area (Å²) in [5.74, 6) is 1.23. The van der Waals surface area contributed by atoms with Gasteiger partial charge in [-0.3, -0.25) is 0 Å². The van der Waals surface area contributed by atoms with Crippen LogP contribution in [-0.2, 0) is 6.54 Å². The number of imidazole rings is 1. The minimum Gasteiger partial charge on any atom is -0.369 e. The Morgan fingerprint density at radius 1 is 1.41 bits per heavy atom. The van der Waals surface area contributed by atoms with E-state index in [9.17, 15) is 4.39 Å². The monoisotopic (exact) mass is 253 g/mol. The molecule has 0 fully saturated rings. The fourth-order valence-electron chi connectivity index (χ4n) is 1.88. The predicted octanol–water partition coefficient (Wildman–Crippen LogP) is 2.90. The number of aromatic nitrogens is 2. The number of aryl methyl sites for hydroxylation is 1. The van der Waals surface area contributed by atoms with E-state index in [1.807, 2.05) is 22.4 Å². The number of fused-ring (bicyclic) bond motifs is 1. The second-order valence-electron chi connectivity index (χ2n) is 3.93. The van der Waals surface area contributed by atoms with Crippen LogP contribution in [0.3, 0.4) is 0 Å². The van der Waals surface area contributed by atoms with Gasteiger partial charge < -0.3 is 10.3 Å². The number of nitrogen functional groups attached to an aromatic ring is 1. The zero-order chi connectivity index (χ0) is 12.3. The van der Waals surface area contributed by atoms with Crippen LogP contribution < -0.4 is 5.73 Å². The number of nitrogens with two attached hydrogens (primary N) is 1. The molecule has 0 aliphatic heterocycles. The first-order valence-electron chi connectivity index (χ1n) is 5.63. The van der Waals surface area contributed by atoms with Crippen molar-refractivity contribution in [3.63, 3.8) is 0 Å². The molecule has 2 N–H and O–H groups in total. The van der Waals surface area contributed by atoms with Gasteiger partial charge in [0, 0.05) is 6.54 Å². The first-order valence-corrected chi connectivity index (χ1v) is 7.02. The Labute approximate surface area is 104 Å². The maximum atomic E-state index is 13.5. The van der Waals surface area contributed by atoms with E-state index in [4.69, 9.17) is 5.73 Å². The molecule has 1 aromatic carbocycles. The van der Waals surface area contributed by atoms with Crippen LogP contribution in [0.5, 0.6) is 0 Å². The summed E-state index contributed by atoms with van der Waals surface area (Å²) in [6.45, 7) is 0.798. The number of para-hydroxylation sites is 1. The molecule has 1 heterocycles. The van der Waals surface area contributed by atoms with Crippen LogP contribution in [0.25, 0.3) is 11.0 Å². The van der Waals surface area contributed by atoms with Crippen LogP contribution in [-0.4, -0.2) is 21.6 Å². The van der Waals surface area contributed by atoms with E-state index in [1.54, 1.807) is 6.07 Å². The van der Waals surface area contributed by atoms with Crippen molar-refractivity contribution >= 4 is 28.7 Å². The molecule has 0 bridgehead atoms. The number of nitrogens with zero attached hydrogens (tertiary/aromatic N) is 2. The lowest BCUT2D eigenvalue weighted by Gasteiger charge is -2.05. The number of unbranched alkanes of at least 4 members (excludes halogenated alkanes) is 1. The maximum absolute atomic E-state index is 13.5. The van der Waals surface area contributed by atoms with Gasteiger partial charge in [-0.25, -0.2) is 9.37 Å². The summed E-state index contributed by atoms with van der Waals surface area (Å²) in [6.07, 6.45) is 4.26. The van der Waals surface area contributed by atoms with Crippen molar-refractivity contribution in [2.75, 3.05) is 17.7 Å². The second kappa shape index (κ2) is 5.40. The lowest BCUT2D eigenvalue weighted by molar-refractivity contribution is 0.636. The topological polar surface area (TPSA) is 43.8 Å². The smallest absolute Gasteiger partial charge is 0.201 e. The Morgan fingerprint density at radius 2 is 2.24 bits per heavy atom. The predicted molar refractivity (Wildman–Crippen MR) is 71.7 cm³/mol. The number of benzene rings is 1. The standard InChI is InChI=1S/C12H16FN3S/c1-17-8-3-2-7-16-10-6-4-5-9(13)11(10)15-12(16)14/h4-6H,2-3,7-8H2,1H3,(H2,14,15). The van der Waals surface area contributed by atoms with Gasteiger partial charge in [0.15, 0.2) is 5.82 Å². The zero-order valence-electron chi connectivity index (χ0n) is 9.82. The van der Waals surface area contributed by atoms with Gasteiger partial charge in [0.1, 0.15) is 5.52 Å². The molecule has 0 aliphatic carbocycles. The summed E-state index contributed by atoms with van der Waals surface area (Å²) >= 11 is 1.83. The van der Waals surface area contributed by atoms with Crippen LogP contribution in [0.4, 0.5) is 10.3 Å². The summed E-state index contributed by atoms with van der Waals surface area (Å²) in [4.78, 5) is 4.07. The molecule has 2 rings (SSSR count). The Morgan fingerprint density at radius 3 is 3.00 bits per heavy atom. The van der Waals surface area contributed by atoms with E-state index in [0.717, 1.165) is 30.7 Å². The third-order valence-corrected chi connectivity index (χ3v) is 3.44. The lowest BCUT2D eigenvalue weighted by atomic mass is 10.3. The maximum Gasteiger partial charge on any atom is 0.201 e. The molecule has 0 atom stereocenters. The number of halogens is 1. The Bertz CT molecular complexity index is 510. The molecule has 1 aromatic heterocycles. The molecule has 3 nitrogen and oxygen atoms in total. The Kier molecular flexibility index (Phi) is 3.89. The highest BCUT2D eigenvalue weighted by Gasteiger charge is 2.10. The van der Waals surface area contributed by atoms with E-state index in [-0.39, 0.29) is 5.82 Å². The summed E-state index contributed by atoms with van der Waals surface area (Å²) in [5.41, 5.74) is 6.97. The molecule has 0 amide bonds. The van der Waals surface area contributed by atoms with Crippen LogP contribution in [0, 0.1) is 5.82 Å². The Balaban J connectivity index is 2.21. The van der Waals surface area contributed by atoms with Gasteiger partial charge in [0.2, 0.25) is 5.95 Å². The summed E-state index contributed by atoms with van der Waals surface area (Å²) in [5, 5.41) is 0. The highest BCUT2D eigenvalue weighted by atomic mass is 32.2. The molecule has 0 aliphatic rings. The normalized spacial score (nSPS) is 11.2. The van der Waals surface area contributed by atoms with E-state index in [1.165, 1.54) is 6.07 Å². The molecule has 0 radical (unpaired) electrons. The molecule has 0 unspecified atom stereocenters. The van der Waals surface area contributed by atoms with E-state index >= 15 is 0 Å². The molecule has 0 saturated carbocycles. The fraction of sp³-hybridized carbons (Fsp3) is 0.417. The minimum atomic E-state index is -0.308. The quantitative estimate of drug-likeness (QED) is 0.833. The molecular weight excluding hydrogens is 237 g/mol. The summed E-state index contributed by atoms with van der Waals surface area (Å²) < 4.78 is 15.4. The van der Waals surface area contributed by atoms with Crippen molar-refractivity contribution in [2.24, 2.45) is 0 Å². The third-order valence-electron chi connectivity index (χ3n) is 2.74. The number of anilines is 1. The van der Waals surface area contributed by atoms with Gasteiger partial charge in [0.25, 0.3) is 0 Å². The largest absolute Gasteiger partial charge is 0.369 e. The number of thioether (sulfide) groups is 1. The third kappa shape index (κ3) is 2.54. The zero-order valence-corrected chi connectivity index (χ0v) is 10.6. The lowest BCUT2D eigenvalue weighted by Crippen LogP contribution is -2.03. The van der Waals surface area contributed by atoms with Crippen LogP contribution in [0.2, 0.25) is 0 Å². The van der Waals surface area contributed by atoms with Crippen molar-refractivity contribution in [3.8, 4) is 0 Å². The molecule has 0 spiro atoms. The van der Waals surface area contributed by atoms with Gasteiger partial charge in [-0.2, -0.15) is 11.8 Å². The van der Waals surface area contributed by atoms with Crippen molar-refractivity contribution in [1.82, 2.24) is 9.55 Å². The first-order chi connectivity index (χ1) is 8.24. The molecule has 92 valence electrons. The summed E-state index contributed by atoms with van der Waals surface area (Å²) in [7, 11) is 0. The average molecular weight is 253 g/mol. The van der Waals surface area contributed by atoms with Crippen molar-refractivity contribution in [2.45, 2.75) is 19.4 Å². The van der Waals surface area contributed by atoms with E-state index in [2.05, 4.69) is 11.2 Å². The van der Waals surface area contributed by atoms with Gasteiger partial charge in [-0.05, 0) is 37.0 Å². The van der Waals surface area contributed by atoms with Crippen LogP contribution in [0.1, 0.15) is 12.8 Å². The SMILES string of the molecule is CSCCCCn1c(N)nc2c(F)cccc21. The van der Waals surface area contributed by atoms with Gasteiger partial charge in [-0.15, -0.1) is 0 Å². The number of hydrogen-bond acceptors (Lipinski definition) is 3. The molecule has 0 saturated heterocycles. The molecule has 17 heavy (non-hydrogen) atoms. The van der Waals surface area contributed by atoms with E-state index in [0.29, 0.717) is 11.5 Å². The van der Waals surface area contributed by atoms with Crippen molar-refractivity contribution in [3.05, 3.63) is 24.0 Å². The van der Waals surface area contributed by atoms with Gasteiger partial charge in [0.05, 0.1) is 5.52 Å². The molecule has 2 aromatic rings. The first kappa shape index (κ1) is 12.2. The van der Waals surface area contributed by atoms with Crippen LogP contribution >= 0.6 is 11.8 Å². The van der Waals surface area contributed by atoms with Crippen molar-refractivity contribution < 1.29 is 4.39 Å². The fourth-order valence-corrected chi connectivity index (χ4v) is 2.37. The second-order valence-corrected chi connectivity index (χ2v) is 4.91. The molecule has 5 heteroatoms. The highest BCUT2D eigenvalue weighted by Crippen LogP contribution is 2.21. The summed E-state index contributed by atoms with van der Waals surface area (Å²) in [6, 6.07) is 4.96. The van der Waals surface area contributed by atoms with Gasteiger partial charge in [-0.1, -0.05) is 6.07 Å². The van der Waals surface area contributed by atoms with Crippen molar-refractivity contribution in [1.29, 1.82) is 0 Å². The van der Waals surface area contributed by atoms with Crippen LogP contribution in [0.15, 0.2) is 18.2 Å². The van der Waals surface area contributed by atoms with Gasteiger partial charge >= 0.3 is 0 Å². The number of hydrogen-bond donors (Lipinski definition) is 1. The molecular formula is C12H16FN3S. The minimum absolute atomic E-state index is 0.308.